The van der Waals surface area contributed by atoms with Crippen molar-refractivity contribution in [1.29, 1.82) is 0 Å². The highest BCUT2D eigenvalue weighted by molar-refractivity contribution is 5.89. The first kappa shape index (κ1) is 15.1. The second-order valence-electron chi connectivity index (χ2n) is 7.59. The largest absolute Gasteiger partial charge is 0.364 e. The van der Waals surface area contributed by atoms with Gasteiger partial charge in [0.15, 0.2) is 0 Å². The zero-order chi connectivity index (χ0) is 16.9. The Morgan fingerprint density at radius 1 is 1.12 bits per heavy atom. The van der Waals surface area contributed by atoms with Crippen molar-refractivity contribution in [1.82, 2.24) is 9.88 Å². The number of likely N-dealkylation sites (tertiary alicyclic amines) is 1. The molecule has 1 aromatic carbocycles. The number of benzene rings is 1. The van der Waals surface area contributed by atoms with Crippen molar-refractivity contribution in [2.75, 3.05) is 13.1 Å². The monoisotopic (exact) mass is 334 g/mol. The van der Waals surface area contributed by atoms with E-state index in [0.29, 0.717) is 13.2 Å². The van der Waals surface area contributed by atoms with Crippen LogP contribution in [0.5, 0.6) is 0 Å². The standard InChI is InChI=1S/C21H22N2O2/c24-19(20(8-4-9-20)17-6-3-11-22-13-17)23-12-10-21(15-23)18-7-2-1-5-16(18)14-25-21/h1-3,5-7,11,13H,4,8-10,12,14-15H2/t21-/m0/s1. The number of carbonyl (C=O) groups excluding carboxylic acids is 1. The summed E-state index contributed by atoms with van der Waals surface area (Å²) in [5, 5.41) is 0. The number of hydrogen-bond donors (Lipinski definition) is 0. The molecule has 128 valence electrons. The van der Waals surface area contributed by atoms with E-state index in [1.807, 2.05) is 17.2 Å². The average Bonchev–Trinajstić information content (AvgIpc) is 3.21. The molecule has 4 heteroatoms. The molecule has 1 spiro atoms. The minimum Gasteiger partial charge on any atom is -0.364 e. The Labute approximate surface area is 147 Å². The molecule has 3 heterocycles. The van der Waals surface area contributed by atoms with Gasteiger partial charge in [-0.2, -0.15) is 0 Å². The Bertz CT molecular complexity index is 816. The Balaban J connectivity index is 1.43. The van der Waals surface area contributed by atoms with Crippen LogP contribution in [0.15, 0.2) is 48.8 Å². The van der Waals surface area contributed by atoms with Crippen LogP contribution < -0.4 is 0 Å². The van der Waals surface area contributed by atoms with E-state index in [1.54, 1.807) is 6.20 Å². The van der Waals surface area contributed by atoms with Gasteiger partial charge in [-0.25, -0.2) is 0 Å². The SMILES string of the molecule is O=C(N1CC[C@@]2(C1)OCc1ccccc12)C1(c2cccnc2)CCC1. The maximum atomic E-state index is 13.4. The molecule has 1 saturated carbocycles. The molecular formula is C21H22N2O2. The lowest BCUT2D eigenvalue weighted by molar-refractivity contribution is -0.141. The van der Waals surface area contributed by atoms with E-state index < -0.39 is 0 Å². The molecule has 0 bridgehead atoms. The molecule has 4 nitrogen and oxygen atoms in total. The van der Waals surface area contributed by atoms with Crippen molar-refractivity contribution < 1.29 is 9.53 Å². The third-order valence-electron chi connectivity index (χ3n) is 6.36. The second kappa shape index (κ2) is 5.40. The van der Waals surface area contributed by atoms with Crippen molar-refractivity contribution in [2.45, 2.75) is 43.3 Å². The minimum absolute atomic E-state index is 0.261. The van der Waals surface area contributed by atoms with Gasteiger partial charge in [-0.1, -0.05) is 36.8 Å². The summed E-state index contributed by atoms with van der Waals surface area (Å²) in [6.45, 7) is 2.10. The average molecular weight is 334 g/mol. The lowest BCUT2D eigenvalue weighted by Gasteiger charge is -2.43. The highest BCUT2D eigenvalue weighted by atomic mass is 16.5. The quantitative estimate of drug-likeness (QED) is 0.847. The minimum atomic E-state index is -0.363. The van der Waals surface area contributed by atoms with Crippen LogP contribution in [-0.2, 0) is 27.2 Å². The van der Waals surface area contributed by atoms with Gasteiger partial charge in [0.25, 0.3) is 0 Å². The first-order valence-corrected chi connectivity index (χ1v) is 9.16. The fourth-order valence-electron chi connectivity index (χ4n) is 4.78. The number of aromatic nitrogens is 1. The Hall–Kier alpha value is -2.20. The maximum absolute atomic E-state index is 13.4. The molecule has 1 saturated heterocycles. The summed E-state index contributed by atoms with van der Waals surface area (Å²) in [5.41, 5.74) is 2.95. The van der Waals surface area contributed by atoms with Crippen LogP contribution in [-0.4, -0.2) is 28.9 Å². The molecular weight excluding hydrogens is 312 g/mol. The maximum Gasteiger partial charge on any atom is 0.233 e. The summed E-state index contributed by atoms with van der Waals surface area (Å²) in [4.78, 5) is 19.7. The molecule has 1 amide bonds. The van der Waals surface area contributed by atoms with Gasteiger partial charge in [0.05, 0.1) is 18.6 Å². The zero-order valence-electron chi connectivity index (χ0n) is 14.3. The second-order valence-corrected chi connectivity index (χ2v) is 7.59. The molecule has 0 radical (unpaired) electrons. The lowest BCUT2D eigenvalue weighted by Crippen LogP contribution is -2.51. The molecule has 1 atom stereocenters. The van der Waals surface area contributed by atoms with Crippen LogP contribution in [0, 0.1) is 0 Å². The van der Waals surface area contributed by atoms with E-state index in [2.05, 4.69) is 35.3 Å². The number of pyridine rings is 1. The summed E-state index contributed by atoms with van der Waals surface area (Å²) in [6, 6.07) is 12.4. The molecule has 3 aliphatic rings. The first-order valence-electron chi connectivity index (χ1n) is 9.16. The molecule has 0 N–H and O–H groups in total. The van der Waals surface area contributed by atoms with Gasteiger partial charge in [0, 0.05) is 18.9 Å². The zero-order valence-corrected chi connectivity index (χ0v) is 14.3. The van der Waals surface area contributed by atoms with Gasteiger partial charge >= 0.3 is 0 Å². The number of amides is 1. The molecule has 1 aromatic heterocycles. The van der Waals surface area contributed by atoms with E-state index in [1.165, 1.54) is 11.1 Å². The van der Waals surface area contributed by atoms with Crippen molar-refractivity contribution in [3.8, 4) is 0 Å². The van der Waals surface area contributed by atoms with Crippen LogP contribution in [0.1, 0.15) is 42.4 Å². The molecule has 2 fully saturated rings. The topological polar surface area (TPSA) is 42.4 Å². The van der Waals surface area contributed by atoms with Crippen molar-refractivity contribution in [3.05, 3.63) is 65.5 Å². The molecule has 25 heavy (non-hydrogen) atoms. The Morgan fingerprint density at radius 2 is 2.00 bits per heavy atom. The van der Waals surface area contributed by atoms with E-state index in [9.17, 15) is 4.79 Å². The van der Waals surface area contributed by atoms with Gasteiger partial charge in [0.2, 0.25) is 5.91 Å². The van der Waals surface area contributed by atoms with Gasteiger partial charge in [-0.15, -0.1) is 0 Å². The fraction of sp³-hybridized carbons (Fsp3) is 0.429. The van der Waals surface area contributed by atoms with E-state index in [0.717, 1.165) is 37.8 Å². The lowest BCUT2D eigenvalue weighted by atomic mass is 9.64. The summed E-state index contributed by atoms with van der Waals surface area (Å²) < 4.78 is 6.22. The predicted octanol–water partition coefficient (Wildman–Crippen LogP) is 3.16. The summed E-state index contributed by atoms with van der Waals surface area (Å²) in [7, 11) is 0. The van der Waals surface area contributed by atoms with Gasteiger partial charge in [-0.3, -0.25) is 9.78 Å². The number of fused-ring (bicyclic) bond motifs is 2. The van der Waals surface area contributed by atoms with Gasteiger partial charge in [-0.05, 0) is 42.0 Å². The fourth-order valence-corrected chi connectivity index (χ4v) is 4.78. The van der Waals surface area contributed by atoms with E-state index >= 15 is 0 Å². The van der Waals surface area contributed by atoms with E-state index in [-0.39, 0.29) is 16.9 Å². The van der Waals surface area contributed by atoms with Crippen molar-refractivity contribution in [3.63, 3.8) is 0 Å². The Kier molecular flexibility index (Phi) is 3.26. The van der Waals surface area contributed by atoms with Gasteiger partial charge < -0.3 is 9.64 Å². The highest BCUT2D eigenvalue weighted by Crippen LogP contribution is 2.48. The van der Waals surface area contributed by atoms with Crippen molar-refractivity contribution >= 4 is 5.91 Å². The van der Waals surface area contributed by atoms with Crippen LogP contribution in [0.4, 0.5) is 0 Å². The number of carbonyl (C=O) groups is 1. The van der Waals surface area contributed by atoms with Crippen LogP contribution in [0.2, 0.25) is 0 Å². The normalized spacial score (nSPS) is 26.5. The molecule has 1 aliphatic carbocycles. The smallest absolute Gasteiger partial charge is 0.233 e. The Morgan fingerprint density at radius 3 is 2.76 bits per heavy atom. The number of hydrogen-bond acceptors (Lipinski definition) is 3. The predicted molar refractivity (Wildman–Crippen MR) is 93.9 cm³/mol. The van der Waals surface area contributed by atoms with Crippen molar-refractivity contribution in [2.24, 2.45) is 0 Å². The highest BCUT2D eigenvalue weighted by Gasteiger charge is 2.53. The summed E-state index contributed by atoms with van der Waals surface area (Å²) in [5.74, 6) is 0.261. The third kappa shape index (κ3) is 2.10. The number of ether oxygens (including phenoxy) is 1. The van der Waals surface area contributed by atoms with Crippen LogP contribution in [0.25, 0.3) is 0 Å². The van der Waals surface area contributed by atoms with Crippen LogP contribution >= 0.6 is 0 Å². The molecule has 2 aliphatic heterocycles. The third-order valence-corrected chi connectivity index (χ3v) is 6.36. The molecule has 0 unspecified atom stereocenters. The van der Waals surface area contributed by atoms with E-state index in [4.69, 9.17) is 4.74 Å². The number of rotatable bonds is 2. The first-order chi connectivity index (χ1) is 12.2. The van der Waals surface area contributed by atoms with Gasteiger partial charge in [0.1, 0.15) is 5.60 Å². The summed E-state index contributed by atoms with van der Waals surface area (Å²) >= 11 is 0. The number of nitrogens with zero attached hydrogens (tertiary/aromatic N) is 2. The molecule has 2 aromatic rings. The van der Waals surface area contributed by atoms with Crippen LogP contribution in [0.3, 0.4) is 0 Å². The molecule has 5 rings (SSSR count). The summed E-state index contributed by atoms with van der Waals surface area (Å²) in [6.07, 6.45) is 7.49.